The van der Waals surface area contributed by atoms with Crippen LogP contribution in [0.4, 0.5) is 0 Å². The van der Waals surface area contributed by atoms with E-state index >= 15 is 0 Å². The summed E-state index contributed by atoms with van der Waals surface area (Å²) in [6.07, 6.45) is 1.92. The second-order valence-corrected chi connectivity index (χ2v) is 6.84. The van der Waals surface area contributed by atoms with Crippen LogP contribution in [0.1, 0.15) is 39.5 Å². The molecular formula is C12H22O5S. The zero-order chi connectivity index (χ0) is 13.6. The van der Waals surface area contributed by atoms with Crippen LogP contribution in [0.5, 0.6) is 0 Å². The summed E-state index contributed by atoms with van der Waals surface area (Å²) in [5.74, 6) is -0.606. The van der Waals surface area contributed by atoms with E-state index < -0.39 is 26.3 Å². The number of carbonyl (C=O) groups excluding carboxylic acids is 1. The number of esters is 1. The summed E-state index contributed by atoms with van der Waals surface area (Å²) in [5.41, 5.74) is 0. The first kappa shape index (κ1) is 15.4. The van der Waals surface area contributed by atoms with Gasteiger partial charge in [-0.05, 0) is 26.2 Å². The lowest BCUT2D eigenvalue weighted by atomic mass is 10.2. The van der Waals surface area contributed by atoms with Crippen LogP contribution in [0.2, 0.25) is 0 Å². The minimum atomic E-state index is -3.46. The molecule has 18 heavy (non-hydrogen) atoms. The van der Waals surface area contributed by atoms with Gasteiger partial charge in [0.05, 0.1) is 11.9 Å². The van der Waals surface area contributed by atoms with Crippen molar-refractivity contribution in [1.82, 2.24) is 0 Å². The summed E-state index contributed by atoms with van der Waals surface area (Å²) in [6.45, 7) is 4.66. The molecule has 0 saturated carbocycles. The Hall–Kier alpha value is -0.620. The molecule has 1 fully saturated rings. The third-order valence-electron chi connectivity index (χ3n) is 3.13. The monoisotopic (exact) mass is 278 g/mol. The predicted octanol–water partition coefficient (Wildman–Crippen LogP) is 1.31. The van der Waals surface area contributed by atoms with E-state index in [1.54, 1.807) is 6.92 Å². The van der Waals surface area contributed by atoms with Gasteiger partial charge in [0.15, 0.2) is 15.1 Å². The average Bonchev–Trinajstić information content (AvgIpc) is 2.37. The highest BCUT2D eigenvalue weighted by Gasteiger charge is 2.39. The maximum atomic E-state index is 12.4. The molecule has 1 heterocycles. The van der Waals surface area contributed by atoms with Crippen molar-refractivity contribution < 1.29 is 22.7 Å². The molecule has 1 aliphatic heterocycles. The lowest BCUT2D eigenvalue weighted by molar-refractivity contribution is -0.142. The molecule has 1 saturated heterocycles. The molecule has 0 bridgehead atoms. The summed E-state index contributed by atoms with van der Waals surface area (Å²) in [7, 11) is -3.46. The van der Waals surface area contributed by atoms with E-state index in [4.69, 9.17) is 9.47 Å². The van der Waals surface area contributed by atoms with Crippen molar-refractivity contribution in [2.24, 2.45) is 0 Å². The largest absolute Gasteiger partial charge is 0.465 e. The van der Waals surface area contributed by atoms with Crippen molar-refractivity contribution in [1.29, 1.82) is 0 Å². The van der Waals surface area contributed by atoms with Gasteiger partial charge in [-0.2, -0.15) is 0 Å². The summed E-state index contributed by atoms with van der Waals surface area (Å²) in [4.78, 5) is 11.8. The third-order valence-corrected chi connectivity index (χ3v) is 5.75. The Morgan fingerprint density at radius 1 is 1.33 bits per heavy atom. The van der Waals surface area contributed by atoms with E-state index in [9.17, 15) is 13.2 Å². The number of rotatable bonds is 6. The number of hydrogen-bond acceptors (Lipinski definition) is 5. The van der Waals surface area contributed by atoms with E-state index in [0.29, 0.717) is 38.9 Å². The molecule has 0 aliphatic carbocycles. The first-order chi connectivity index (χ1) is 8.54. The summed E-state index contributed by atoms with van der Waals surface area (Å²) >= 11 is 0. The zero-order valence-corrected chi connectivity index (χ0v) is 11.9. The third kappa shape index (κ3) is 3.68. The smallest absolute Gasteiger partial charge is 0.324 e. The Morgan fingerprint density at radius 2 is 1.94 bits per heavy atom. The first-order valence-corrected chi connectivity index (χ1v) is 8.12. The normalized spacial score (nSPS) is 19.4. The standard InChI is InChI=1S/C12H22O5S/c1-3-5-11(12(13)17-4-2)18(14,15)10-6-8-16-9-7-10/h10-11H,3-9H2,1-2H3. The van der Waals surface area contributed by atoms with Crippen molar-refractivity contribution in [3.05, 3.63) is 0 Å². The highest BCUT2D eigenvalue weighted by molar-refractivity contribution is 7.93. The molecule has 106 valence electrons. The molecular weight excluding hydrogens is 256 g/mol. The minimum absolute atomic E-state index is 0.211. The van der Waals surface area contributed by atoms with Gasteiger partial charge in [0.1, 0.15) is 0 Å². The van der Waals surface area contributed by atoms with E-state index in [1.807, 2.05) is 6.92 Å². The Balaban J connectivity index is 2.84. The maximum absolute atomic E-state index is 12.4. The lowest BCUT2D eigenvalue weighted by Crippen LogP contribution is -2.41. The predicted molar refractivity (Wildman–Crippen MR) is 68.1 cm³/mol. The van der Waals surface area contributed by atoms with Crippen LogP contribution in [0, 0.1) is 0 Å². The van der Waals surface area contributed by atoms with Crippen LogP contribution >= 0.6 is 0 Å². The van der Waals surface area contributed by atoms with Crippen molar-refractivity contribution in [3.8, 4) is 0 Å². The molecule has 0 aromatic rings. The molecule has 0 N–H and O–H groups in total. The Morgan fingerprint density at radius 3 is 2.44 bits per heavy atom. The van der Waals surface area contributed by atoms with Gasteiger partial charge >= 0.3 is 5.97 Å². The van der Waals surface area contributed by atoms with Gasteiger partial charge < -0.3 is 9.47 Å². The highest BCUT2D eigenvalue weighted by Crippen LogP contribution is 2.23. The molecule has 0 aromatic heterocycles. The summed E-state index contributed by atoms with van der Waals surface area (Å²) in [6, 6.07) is 0. The van der Waals surface area contributed by atoms with Crippen LogP contribution in [-0.4, -0.2) is 44.7 Å². The van der Waals surface area contributed by atoms with Gasteiger partial charge in [-0.15, -0.1) is 0 Å². The Kier molecular flexibility index (Phi) is 6.08. The highest BCUT2D eigenvalue weighted by atomic mass is 32.2. The number of ether oxygens (including phenoxy) is 2. The molecule has 1 atom stereocenters. The molecule has 1 unspecified atom stereocenters. The number of sulfone groups is 1. The van der Waals surface area contributed by atoms with Gasteiger partial charge in [-0.25, -0.2) is 8.42 Å². The molecule has 1 rings (SSSR count). The molecule has 5 nitrogen and oxygen atoms in total. The first-order valence-electron chi connectivity index (χ1n) is 6.51. The SMILES string of the molecule is CCCC(C(=O)OCC)S(=O)(=O)C1CCOCC1. The van der Waals surface area contributed by atoms with Crippen LogP contribution in [0.3, 0.4) is 0 Å². The van der Waals surface area contributed by atoms with Gasteiger partial charge in [-0.3, -0.25) is 4.79 Å². The fraction of sp³-hybridized carbons (Fsp3) is 0.917. The van der Waals surface area contributed by atoms with Crippen molar-refractivity contribution >= 4 is 15.8 Å². The molecule has 6 heteroatoms. The van der Waals surface area contributed by atoms with Crippen LogP contribution in [0.15, 0.2) is 0 Å². The second-order valence-electron chi connectivity index (χ2n) is 4.43. The summed E-state index contributed by atoms with van der Waals surface area (Å²) < 4.78 is 34.9. The maximum Gasteiger partial charge on any atom is 0.324 e. The fourth-order valence-electron chi connectivity index (χ4n) is 2.15. The number of hydrogen-bond donors (Lipinski definition) is 0. The Bertz CT molecular complexity index is 357. The van der Waals surface area contributed by atoms with Crippen LogP contribution in [0.25, 0.3) is 0 Å². The van der Waals surface area contributed by atoms with Crippen molar-refractivity contribution in [2.45, 2.75) is 50.0 Å². The number of carbonyl (C=O) groups is 1. The van der Waals surface area contributed by atoms with E-state index in [-0.39, 0.29) is 6.61 Å². The summed E-state index contributed by atoms with van der Waals surface area (Å²) in [5, 5.41) is -1.47. The molecule has 0 spiro atoms. The quantitative estimate of drug-likeness (QED) is 0.685. The lowest BCUT2D eigenvalue weighted by Gasteiger charge is -2.26. The van der Waals surface area contributed by atoms with E-state index in [2.05, 4.69) is 0 Å². The second kappa shape index (κ2) is 7.09. The molecule has 0 aromatic carbocycles. The van der Waals surface area contributed by atoms with Crippen LogP contribution < -0.4 is 0 Å². The van der Waals surface area contributed by atoms with Crippen molar-refractivity contribution in [3.63, 3.8) is 0 Å². The fourth-order valence-corrected chi connectivity index (χ4v) is 4.37. The van der Waals surface area contributed by atoms with Gasteiger partial charge in [0, 0.05) is 13.2 Å². The molecule has 0 amide bonds. The average molecular weight is 278 g/mol. The van der Waals surface area contributed by atoms with Gasteiger partial charge in [0.25, 0.3) is 0 Å². The zero-order valence-electron chi connectivity index (χ0n) is 11.1. The van der Waals surface area contributed by atoms with Crippen LogP contribution in [-0.2, 0) is 24.1 Å². The van der Waals surface area contributed by atoms with Gasteiger partial charge in [0.2, 0.25) is 0 Å². The van der Waals surface area contributed by atoms with E-state index in [1.165, 1.54) is 0 Å². The van der Waals surface area contributed by atoms with Crippen molar-refractivity contribution in [2.75, 3.05) is 19.8 Å². The van der Waals surface area contributed by atoms with Gasteiger partial charge in [-0.1, -0.05) is 13.3 Å². The topological polar surface area (TPSA) is 69.7 Å². The minimum Gasteiger partial charge on any atom is -0.465 e. The Labute approximate surface area is 109 Å². The van der Waals surface area contributed by atoms with E-state index in [0.717, 1.165) is 0 Å². The molecule has 1 aliphatic rings. The molecule has 0 radical (unpaired) electrons.